The SMILES string of the molecule is CCCNc1nc(-c2cncn2C2CC2)nc(C)c1F. The van der Waals surface area contributed by atoms with Gasteiger partial charge in [0, 0.05) is 12.6 Å². The highest BCUT2D eigenvalue weighted by Crippen LogP contribution is 2.37. The van der Waals surface area contributed by atoms with Gasteiger partial charge in [0.1, 0.15) is 5.69 Å². The summed E-state index contributed by atoms with van der Waals surface area (Å²) in [4.78, 5) is 12.8. The molecule has 1 fully saturated rings. The van der Waals surface area contributed by atoms with Crippen LogP contribution in [-0.2, 0) is 0 Å². The summed E-state index contributed by atoms with van der Waals surface area (Å²) in [6.07, 6.45) is 6.77. The van der Waals surface area contributed by atoms with Crippen LogP contribution in [-0.4, -0.2) is 26.1 Å². The summed E-state index contributed by atoms with van der Waals surface area (Å²) >= 11 is 0. The van der Waals surface area contributed by atoms with E-state index in [2.05, 4.69) is 24.8 Å². The molecule has 0 spiro atoms. The zero-order valence-electron chi connectivity index (χ0n) is 11.7. The van der Waals surface area contributed by atoms with Crippen molar-refractivity contribution in [3.63, 3.8) is 0 Å². The van der Waals surface area contributed by atoms with Crippen molar-refractivity contribution in [2.24, 2.45) is 0 Å². The van der Waals surface area contributed by atoms with Gasteiger partial charge in [-0.2, -0.15) is 0 Å². The van der Waals surface area contributed by atoms with Gasteiger partial charge in [0.05, 0.1) is 18.2 Å². The van der Waals surface area contributed by atoms with Gasteiger partial charge in [0.2, 0.25) is 0 Å². The van der Waals surface area contributed by atoms with Gasteiger partial charge in [-0.3, -0.25) is 0 Å². The zero-order chi connectivity index (χ0) is 14.1. The number of rotatable bonds is 5. The second-order valence-electron chi connectivity index (χ2n) is 5.14. The van der Waals surface area contributed by atoms with Crippen LogP contribution in [0.1, 0.15) is 37.9 Å². The molecule has 1 aliphatic rings. The first-order chi connectivity index (χ1) is 9.70. The van der Waals surface area contributed by atoms with Crippen molar-refractivity contribution in [2.45, 2.75) is 39.2 Å². The largest absolute Gasteiger partial charge is 0.368 e. The van der Waals surface area contributed by atoms with Gasteiger partial charge < -0.3 is 9.88 Å². The Kier molecular flexibility index (Phi) is 3.38. The van der Waals surface area contributed by atoms with E-state index in [9.17, 15) is 4.39 Å². The summed E-state index contributed by atoms with van der Waals surface area (Å²) in [6, 6.07) is 0.494. The maximum absolute atomic E-state index is 14.0. The molecule has 0 bridgehead atoms. The molecule has 0 unspecified atom stereocenters. The van der Waals surface area contributed by atoms with Crippen LogP contribution >= 0.6 is 0 Å². The molecule has 5 nitrogen and oxygen atoms in total. The standard InChI is InChI=1S/C14H18FN5/c1-3-6-17-14-12(15)9(2)18-13(19-14)11-7-16-8-20(11)10-4-5-10/h7-8,10H,3-6H2,1-2H3,(H,17,18,19). The fraction of sp³-hybridized carbons (Fsp3) is 0.500. The molecular formula is C14H18FN5. The van der Waals surface area contributed by atoms with Crippen LogP contribution in [0.5, 0.6) is 0 Å². The first-order valence-corrected chi connectivity index (χ1v) is 7.01. The molecule has 0 saturated heterocycles. The van der Waals surface area contributed by atoms with Gasteiger partial charge in [0.15, 0.2) is 17.5 Å². The molecule has 1 saturated carbocycles. The molecule has 106 valence electrons. The smallest absolute Gasteiger partial charge is 0.186 e. The van der Waals surface area contributed by atoms with E-state index in [4.69, 9.17) is 0 Å². The first kappa shape index (κ1) is 13.0. The molecule has 0 radical (unpaired) electrons. The lowest BCUT2D eigenvalue weighted by Crippen LogP contribution is -2.09. The molecule has 2 aromatic rings. The highest BCUT2D eigenvalue weighted by atomic mass is 19.1. The van der Waals surface area contributed by atoms with Crippen LogP contribution < -0.4 is 5.32 Å². The van der Waals surface area contributed by atoms with Crippen LogP contribution in [0.25, 0.3) is 11.5 Å². The Bertz CT molecular complexity index is 618. The van der Waals surface area contributed by atoms with Crippen molar-refractivity contribution in [1.29, 1.82) is 0 Å². The zero-order valence-corrected chi connectivity index (χ0v) is 11.7. The maximum atomic E-state index is 14.0. The maximum Gasteiger partial charge on any atom is 0.186 e. The molecule has 2 heterocycles. The Hall–Kier alpha value is -1.98. The van der Waals surface area contributed by atoms with E-state index in [1.807, 2.05) is 6.92 Å². The van der Waals surface area contributed by atoms with E-state index in [0.29, 0.717) is 24.1 Å². The van der Waals surface area contributed by atoms with Crippen molar-refractivity contribution in [3.8, 4) is 11.5 Å². The monoisotopic (exact) mass is 275 g/mol. The Labute approximate surface area is 117 Å². The number of anilines is 1. The van der Waals surface area contributed by atoms with Crippen molar-refractivity contribution in [1.82, 2.24) is 19.5 Å². The molecule has 0 aromatic carbocycles. The minimum atomic E-state index is -0.375. The number of halogens is 1. The van der Waals surface area contributed by atoms with E-state index < -0.39 is 0 Å². The normalized spacial score (nSPS) is 14.6. The molecule has 3 rings (SSSR count). The second-order valence-corrected chi connectivity index (χ2v) is 5.14. The molecule has 1 N–H and O–H groups in total. The minimum absolute atomic E-state index is 0.276. The third-order valence-electron chi connectivity index (χ3n) is 3.39. The van der Waals surface area contributed by atoms with Crippen LogP contribution in [0.15, 0.2) is 12.5 Å². The van der Waals surface area contributed by atoms with E-state index >= 15 is 0 Å². The fourth-order valence-electron chi connectivity index (χ4n) is 2.16. The van der Waals surface area contributed by atoms with Gasteiger partial charge in [-0.15, -0.1) is 0 Å². The molecule has 6 heteroatoms. The van der Waals surface area contributed by atoms with Crippen molar-refractivity contribution in [2.75, 3.05) is 11.9 Å². The number of aromatic nitrogens is 4. The molecule has 0 aliphatic heterocycles. The van der Waals surface area contributed by atoms with Crippen LogP contribution in [0.3, 0.4) is 0 Å². The van der Waals surface area contributed by atoms with Crippen LogP contribution in [0, 0.1) is 12.7 Å². The third kappa shape index (κ3) is 2.37. The average Bonchev–Trinajstić information content (AvgIpc) is 3.17. The van der Waals surface area contributed by atoms with Crippen LogP contribution in [0.2, 0.25) is 0 Å². The Morgan fingerprint density at radius 1 is 1.40 bits per heavy atom. The van der Waals surface area contributed by atoms with Gasteiger partial charge in [-0.05, 0) is 26.2 Å². The first-order valence-electron chi connectivity index (χ1n) is 7.01. The molecule has 1 aliphatic carbocycles. The Morgan fingerprint density at radius 3 is 2.90 bits per heavy atom. The Morgan fingerprint density at radius 2 is 2.20 bits per heavy atom. The number of aryl methyl sites for hydroxylation is 1. The predicted octanol–water partition coefficient (Wildman–Crippen LogP) is 2.94. The van der Waals surface area contributed by atoms with Gasteiger partial charge in [0.25, 0.3) is 0 Å². The molecule has 20 heavy (non-hydrogen) atoms. The summed E-state index contributed by atoms with van der Waals surface area (Å²) < 4.78 is 16.1. The molecule has 0 atom stereocenters. The van der Waals surface area contributed by atoms with Gasteiger partial charge >= 0.3 is 0 Å². The second kappa shape index (κ2) is 5.19. The average molecular weight is 275 g/mol. The third-order valence-corrected chi connectivity index (χ3v) is 3.39. The van der Waals surface area contributed by atoms with E-state index in [1.54, 1.807) is 19.4 Å². The number of nitrogens with one attached hydrogen (secondary N) is 1. The summed E-state index contributed by atoms with van der Waals surface area (Å²) in [5.74, 6) is 0.435. The van der Waals surface area contributed by atoms with Crippen molar-refractivity contribution >= 4 is 5.82 Å². The summed E-state index contributed by atoms with van der Waals surface area (Å²) in [6.45, 7) is 4.38. The molecule has 0 amide bonds. The van der Waals surface area contributed by atoms with E-state index in [-0.39, 0.29) is 11.6 Å². The van der Waals surface area contributed by atoms with Gasteiger partial charge in [-0.1, -0.05) is 6.92 Å². The topological polar surface area (TPSA) is 55.6 Å². The highest BCUT2D eigenvalue weighted by Gasteiger charge is 2.27. The lowest BCUT2D eigenvalue weighted by molar-refractivity contribution is 0.604. The molecular weight excluding hydrogens is 257 g/mol. The van der Waals surface area contributed by atoms with Crippen molar-refractivity contribution in [3.05, 3.63) is 24.0 Å². The van der Waals surface area contributed by atoms with E-state index in [0.717, 1.165) is 25.0 Å². The number of hydrogen-bond donors (Lipinski definition) is 1. The quantitative estimate of drug-likeness (QED) is 0.911. The summed E-state index contributed by atoms with van der Waals surface area (Å²) in [7, 11) is 0. The summed E-state index contributed by atoms with van der Waals surface area (Å²) in [5.41, 5.74) is 1.22. The number of hydrogen-bond acceptors (Lipinski definition) is 4. The minimum Gasteiger partial charge on any atom is -0.368 e. The number of imidazole rings is 1. The van der Waals surface area contributed by atoms with Crippen molar-refractivity contribution < 1.29 is 4.39 Å². The molecule has 2 aromatic heterocycles. The van der Waals surface area contributed by atoms with E-state index in [1.165, 1.54) is 0 Å². The Balaban J connectivity index is 2.00. The predicted molar refractivity (Wildman–Crippen MR) is 75.0 cm³/mol. The lowest BCUT2D eigenvalue weighted by atomic mass is 10.3. The fourth-order valence-corrected chi connectivity index (χ4v) is 2.16. The lowest BCUT2D eigenvalue weighted by Gasteiger charge is -2.10. The summed E-state index contributed by atoms with van der Waals surface area (Å²) in [5, 5.41) is 3.01. The van der Waals surface area contributed by atoms with Gasteiger partial charge in [-0.25, -0.2) is 19.3 Å². The highest BCUT2D eigenvalue weighted by molar-refractivity contribution is 5.54. The number of nitrogens with zero attached hydrogens (tertiary/aromatic N) is 4. The van der Waals surface area contributed by atoms with Crippen LogP contribution in [0.4, 0.5) is 10.2 Å².